The van der Waals surface area contributed by atoms with E-state index in [1.54, 1.807) is 0 Å². The fraction of sp³-hybridized carbons (Fsp3) is 0.714. The molecule has 0 radical (unpaired) electrons. The van der Waals surface area contributed by atoms with Gasteiger partial charge in [-0.25, -0.2) is 0 Å². The standard InChI is InChI=1S/C21H39NO3/c1-16(2)19(7)23-13-10-22(11-14-24-20(8)17(3)4)12-15-25-21(9)18(5)6/h10-15H2,1-9H3. The zero-order chi connectivity index (χ0) is 19.4. The van der Waals surface area contributed by atoms with Crippen molar-refractivity contribution >= 4 is 0 Å². The molecular formula is C21H39NO3. The van der Waals surface area contributed by atoms with Gasteiger partial charge >= 0.3 is 0 Å². The number of rotatable bonds is 12. The highest BCUT2D eigenvalue weighted by Crippen LogP contribution is 2.07. The number of hydrogen-bond acceptors (Lipinski definition) is 4. The van der Waals surface area contributed by atoms with E-state index in [4.69, 9.17) is 14.2 Å². The van der Waals surface area contributed by atoms with Crippen LogP contribution in [0.1, 0.15) is 62.3 Å². The van der Waals surface area contributed by atoms with Gasteiger partial charge in [0.1, 0.15) is 19.8 Å². The van der Waals surface area contributed by atoms with E-state index in [0.29, 0.717) is 19.8 Å². The van der Waals surface area contributed by atoms with Crippen molar-refractivity contribution in [3.05, 3.63) is 34.0 Å². The summed E-state index contributed by atoms with van der Waals surface area (Å²) in [4.78, 5) is 2.33. The SMILES string of the molecule is CC(C)=C(C)OCCN(CCOC(C)=C(C)C)CCOC(C)=C(C)C. The van der Waals surface area contributed by atoms with Gasteiger partial charge in [-0.1, -0.05) is 0 Å². The molecule has 146 valence electrons. The van der Waals surface area contributed by atoms with Gasteiger partial charge in [-0.2, -0.15) is 0 Å². The molecule has 25 heavy (non-hydrogen) atoms. The van der Waals surface area contributed by atoms with E-state index in [1.165, 1.54) is 16.7 Å². The van der Waals surface area contributed by atoms with Crippen LogP contribution < -0.4 is 0 Å². The molecule has 0 N–H and O–H groups in total. The first-order valence-corrected chi connectivity index (χ1v) is 9.18. The lowest BCUT2D eigenvalue weighted by molar-refractivity contribution is 0.0985. The predicted octanol–water partition coefficient (Wildman–Crippen LogP) is 5.28. The van der Waals surface area contributed by atoms with Gasteiger partial charge in [-0.05, 0) is 79.0 Å². The van der Waals surface area contributed by atoms with Gasteiger partial charge in [-0.3, -0.25) is 4.90 Å². The van der Waals surface area contributed by atoms with E-state index in [0.717, 1.165) is 36.9 Å². The predicted molar refractivity (Wildman–Crippen MR) is 106 cm³/mol. The summed E-state index contributed by atoms with van der Waals surface area (Å²) in [5.74, 6) is 3.02. The summed E-state index contributed by atoms with van der Waals surface area (Å²) in [6.45, 7) is 23.1. The van der Waals surface area contributed by atoms with Crippen LogP contribution in [-0.4, -0.2) is 44.4 Å². The molecule has 0 unspecified atom stereocenters. The normalized spacial score (nSPS) is 10.3. The molecule has 4 nitrogen and oxygen atoms in total. The molecule has 0 aromatic rings. The monoisotopic (exact) mass is 353 g/mol. The Morgan fingerprint density at radius 1 is 0.480 bits per heavy atom. The fourth-order valence-electron chi connectivity index (χ4n) is 1.75. The molecule has 0 bridgehead atoms. The summed E-state index contributed by atoms with van der Waals surface area (Å²) < 4.78 is 17.4. The van der Waals surface area contributed by atoms with Crippen LogP contribution in [0.3, 0.4) is 0 Å². The Balaban J connectivity index is 4.47. The highest BCUT2D eigenvalue weighted by Gasteiger charge is 2.07. The van der Waals surface area contributed by atoms with Crippen molar-refractivity contribution in [2.24, 2.45) is 0 Å². The lowest BCUT2D eigenvalue weighted by Crippen LogP contribution is -2.34. The average Bonchev–Trinajstić information content (AvgIpc) is 2.53. The van der Waals surface area contributed by atoms with Crippen LogP contribution in [0.2, 0.25) is 0 Å². The van der Waals surface area contributed by atoms with Crippen molar-refractivity contribution in [1.82, 2.24) is 4.90 Å². The molecule has 0 saturated heterocycles. The minimum absolute atomic E-state index is 0.681. The summed E-state index contributed by atoms with van der Waals surface area (Å²) in [6.07, 6.45) is 0. The maximum Gasteiger partial charge on any atom is 0.100 e. The van der Waals surface area contributed by atoms with Crippen molar-refractivity contribution in [1.29, 1.82) is 0 Å². The van der Waals surface area contributed by atoms with Gasteiger partial charge in [-0.15, -0.1) is 0 Å². The highest BCUT2D eigenvalue weighted by molar-refractivity contribution is 5.00. The van der Waals surface area contributed by atoms with Crippen LogP contribution in [0.15, 0.2) is 34.0 Å². The molecule has 0 atom stereocenters. The average molecular weight is 354 g/mol. The summed E-state index contributed by atoms with van der Waals surface area (Å²) in [5.41, 5.74) is 3.66. The van der Waals surface area contributed by atoms with Crippen molar-refractivity contribution in [3.8, 4) is 0 Å². The van der Waals surface area contributed by atoms with E-state index in [-0.39, 0.29) is 0 Å². The molecule has 0 amide bonds. The zero-order valence-corrected chi connectivity index (χ0v) is 17.9. The van der Waals surface area contributed by atoms with E-state index in [2.05, 4.69) is 46.4 Å². The van der Waals surface area contributed by atoms with Crippen LogP contribution in [0.25, 0.3) is 0 Å². The first-order chi connectivity index (χ1) is 11.6. The largest absolute Gasteiger partial charge is 0.497 e. The van der Waals surface area contributed by atoms with Crippen molar-refractivity contribution in [2.45, 2.75) is 62.3 Å². The second-order valence-corrected chi connectivity index (χ2v) is 7.06. The number of ether oxygens (including phenoxy) is 3. The first kappa shape index (κ1) is 23.6. The molecule has 0 saturated carbocycles. The van der Waals surface area contributed by atoms with E-state index < -0.39 is 0 Å². The molecule has 0 aromatic heterocycles. The number of nitrogens with zero attached hydrogens (tertiary/aromatic N) is 1. The minimum Gasteiger partial charge on any atom is -0.497 e. The van der Waals surface area contributed by atoms with Crippen molar-refractivity contribution in [3.63, 3.8) is 0 Å². The van der Waals surface area contributed by atoms with E-state index in [9.17, 15) is 0 Å². The Bertz CT molecular complexity index is 406. The van der Waals surface area contributed by atoms with Crippen LogP contribution >= 0.6 is 0 Å². The van der Waals surface area contributed by atoms with Crippen LogP contribution in [0.4, 0.5) is 0 Å². The van der Waals surface area contributed by atoms with Crippen LogP contribution in [0, 0.1) is 0 Å². The third-order valence-electron chi connectivity index (χ3n) is 4.29. The molecule has 0 aliphatic heterocycles. The Kier molecular flexibility index (Phi) is 12.1. The molecule has 0 aliphatic rings. The molecule has 0 aromatic carbocycles. The smallest absolute Gasteiger partial charge is 0.100 e. The van der Waals surface area contributed by atoms with E-state index in [1.807, 2.05) is 20.8 Å². The summed E-state index contributed by atoms with van der Waals surface area (Å²) >= 11 is 0. The molecule has 0 aliphatic carbocycles. The van der Waals surface area contributed by atoms with Gasteiger partial charge in [0.25, 0.3) is 0 Å². The third kappa shape index (κ3) is 11.7. The fourth-order valence-corrected chi connectivity index (χ4v) is 1.75. The maximum absolute atomic E-state index is 5.80. The van der Waals surface area contributed by atoms with Gasteiger partial charge in [0.05, 0.1) is 17.3 Å². The van der Waals surface area contributed by atoms with Gasteiger partial charge < -0.3 is 14.2 Å². The summed E-state index contributed by atoms with van der Waals surface area (Å²) in [6, 6.07) is 0. The van der Waals surface area contributed by atoms with Crippen LogP contribution in [-0.2, 0) is 14.2 Å². The molecular weight excluding hydrogens is 314 g/mol. The lowest BCUT2D eigenvalue weighted by atomic mass is 10.3. The van der Waals surface area contributed by atoms with Gasteiger partial charge in [0, 0.05) is 19.6 Å². The molecule has 4 heteroatoms. The Hall–Kier alpha value is -1.42. The number of allylic oxidation sites excluding steroid dienone is 6. The van der Waals surface area contributed by atoms with Gasteiger partial charge in [0.2, 0.25) is 0 Å². The first-order valence-electron chi connectivity index (χ1n) is 9.18. The second kappa shape index (κ2) is 12.9. The van der Waals surface area contributed by atoms with Gasteiger partial charge in [0.15, 0.2) is 0 Å². The Morgan fingerprint density at radius 3 is 0.920 bits per heavy atom. The molecule has 0 rings (SSSR count). The minimum atomic E-state index is 0.681. The summed E-state index contributed by atoms with van der Waals surface area (Å²) in [5, 5.41) is 0. The zero-order valence-electron chi connectivity index (χ0n) is 17.9. The van der Waals surface area contributed by atoms with E-state index >= 15 is 0 Å². The molecule has 0 fully saturated rings. The number of hydrogen-bond donors (Lipinski definition) is 0. The van der Waals surface area contributed by atoms with Crippen molar-refractivity contribution < 1.29 is 14.2 Å². The topological polar surface area (TPSA) is 30.9 Å². The third-order valence-corrected chi connectivity index (χ3v) is 4.29. The van der Waals surface area contributed by atoms with Crippen molar-refractivity contribution in [2.75, 3.05) is 39.5 Å². The highest BCUT2D eigenvalue weighted by atomic mass is 16.5. The second-order valence-electron chi connectivity index (χ2n) is 7.06. The Morgan fingerprint density at radius 2 is 0.720 bits per heavy atom. The summed E-state index contributed by atoms with van der Waals surface area (Å²) in [7, 11) is 0. The Labute approximate surface area is 155 Å². The molecule has 0 heterocycles. The maximum atomic E-state index is 5.80. The molecule has 0 spiro atoms. The van der Waals surface area contributed by atoms with Crippen LogP contribution in [0.5, 0.6) is 0 Å². The lowest BCUT2D eigenvalue weighted by Gasteiger charge is -2.23. The quantitative estimate of drug-likeness (QED) is 0.447.